The molecule has 0 amide bonds. The van der Waals surface area contributed by atoms with Gasteiger partial charge in [-0.3, -0.25) is 0 Å². The third-order valence-corrected chi connectivity index (χ3v) is 3.63. The van der Waals surface area contributed by atoms with Crippen LogP contribution >= 0.6 is 0 Å². The minimum Gasteiger partial charge on any atom is -0.339 e. The minimum atomic E-state index is -4.34. The van der Waals surface area contributed by atoms with Crippen molar-refractivity contribution in [3.05, 3.63) is 47.1 Å². The number of rotatable bonds is 3. The molecular formula is C14H14F3N3O. The Labute approximate surface area is 119 Å². The van der Waals surface area contributed by atoms with Crippen molar-refractivity contribution < 1.29 is 17.7 Å². The summed E-state index contributed by atoms with van der Waals surface area (Å²) >= 11 is 0. The predicted octanol–water partition coefficient (Wildman–Crippen LogP) is 2.54. The zero-order valence-electron chi connectivity index (χ0n) is 11.4. The van der Waals surface area contributed by atoms with Crippen LogP contribution in [0.5, 0.6) is 0 Å². The van der Waals surface area contributed by atoms with E-state index < -0.39 is 11.7 Å². The van der Waals surface area contributed by atoms with Crippen LogP contribution in [0.1, 0.15) is 29.8 Å². The van der Waals surface area contributed by atoms with Gasteiger partial charge in [0.15, 0.2) is 5.82 Å². The van der Waals surface area contributed by atoms with Crippen molar-refractivity contribution in [2.75, 3.05) is 13.1 Å². The Morgan fingerprint density at radius 1 is 1.33 bits per heavy atom. The Morgan fingerprint density at radius 2 is 2.10 bits per heavy atom. The number of halogens is 3. The minimum absolute atomic E-state index is 0.168. The highest BCUT2D eigenvalue weighted by Crippen LogP contribution is 2.30. The SMILES string of the molecule is CC1(c2nc(Cc3cccc(C(F)(F)F)c3)no2)CNC1. The lowest BCUT2D eigenvalue weighted by atomic mass is 9.84. The van der Waals surface area contributed by atoms with Gasteiger partial charge in [0.05, 0.1) is 11.0 Å². The quantitative estimate of drug-likeness (QED) is 0.946. The highest BCUT2D eigenvalue weighted by atomic mass is 19.4. The molecule has 3 rings (SSSR count). The third-order valence-electron chi connectivity index (χ3n) is 3.63. The van der Waals surface area contributed by atoms with E-state index in [4.69, 9.17) is 4.52 Å². The van der Waals surface area contributed by atoms with E-state index in [0.717, 1.165) is 25.2 Å². The van der Waals surface area contributed by atoms with Gasteiger partial charge in [-0.1, -0.05) is 23.4 Å². The molecule has 0 atom stereocenters. The first-order valence-electron chi connectivity index (χ1n) is 6.57. The summed E-state index contributed by atoms with van der Waals surface area (Å²) in [5.41, 5.74) is -0.327. The Kier molecular flexibility index (Phi) is 3.24. The second-order valence-electron chi connectivity index (χ2n) is 5.55. The predicted molar refractivity (Wildman–Crippen MR) is 68.8 cm³/mol. The van der Waals surface area contributed by atoms with Gasteiger partial charge in [0.25, 0.3) is 0 Å². The second-order valence-corrected chi connectivity index (χ2v) is 5.55. The molecule has 1 aliphatic rings. The summed E-state index contributed by atoms with van der Waals surface area (Å²) in [5.74, 6) is 0.931. The largest absolute Gasteiger partial charge is 0.416 e. The number of benzene rings is 1. The van der Waals surface area contributed by atoms with Gasteiger partial charge in [-0.05, 0) is 18.6 Å². The second kappa shape index (κ2) is 4.84. The molecule has 2 heterocycles. The lowest BCUT2D eigenvalue weighted by Crippen LogP contribution is -2.54. The number of alkyl halides is 3. The molecular weight excluding hydrogens is 283 g/mol. The van der Waals surface area contributed by atoms with Crippen LogP contribution in [-0.4, -0.2) is 23.2 Å². The molecule has 4 nitrogen and oxygen atoms in total. The van der Waals surface area contributed by atoms with E-state index in [1.807, 2.05) is 6.92 Å². The van der Waals surface area contributed by atoms with Crippen LogP contribution in [0.4, 0.5) is 13.2 Å². The fourth-order valence-corrected chi connectivity index (χ4v) is 2.26. The average Bonchev–Trinajstić information content (AvgIpc) is 2.84. The smallest absolute Gasteiger partial charge is 0.339 e. The Bertz CT molecular complexity index is 647. The maximum Gasteiger partial charge on any atom is 0.416 e. The number of hydrogen-bond donors (Lipinski definition) is 1. The first-order valence-corrected chi connectivity index (χ1v) is 6.57. The molecule has 2 aromatic rings. The molecule has 7 heteroatoms. The molecule has 0 bridgehead atoms. The van der Waals surface area contributed by atoms with Crippen molar-refractivity contribution in [1.82, 2.24) is 15.5 Å². The number of nitrogens with one attached hydrogen (secondary N) is 1. The maximum absolute atomic E-state index is 12.7. The first-order chi connectivity index (χ1) is 9.87. The van der Waals surface area contributed by atoms with Gasteiger partial charge in [0, 0.05) is 19.5 Å². The van der Waals surface area contributed by atoms with E-state index >= 15 is 0 Å². The average molecular weight is 297 g/mol. The number of hydrogen-bond acceptors (Lipinski definition) is 4. The molecule has 1 aliphatic heterocycles. The standard InChI is InChI=1S/C14H14F3N3O/c1-13(7-18-8-13)12-19-11(20-21-12)6-9-3-2-4-10(5-9)14(15,16)17/h2-5,18H,6-8H2,1H3. The van der Waals surface area contributed by atoms with Gasteiger partial charge in [-0.15, -0.1) is 0 Å². The summed E-state index contributed by atoms with van der Waals surface area (Å²) < 4.78 is 43.2. The topological polar surface area (TPSA) is 51.0 Å². The fraction of sp³-hybridized carbons (Fsp3) is 0.429. The Morgan fingerprint density at radius 3 is 2.71 bits per heavy atom. The van der Waals surface area contributed by atoms with Crippen LogP contribution < -0.4 is 5.32 Å². The van der Waals surface area contributed by atoms with Crippen molar-refractivity contribution in [1.29, 1.82) is 0 Å². The van der Waals surface area contributed by atoms with Crippen molar-refractivity contribution in [2.45, 2.75) is 24.9 Å². The summed E-state index contributed by atoms with van der Waals surface area (Å²) in [6.07, 6.45) is -4.12. The molecule has 112 valence electrons. The number of nitrogens with zero attached hydrogens (tertiary/aromatic N) is 2. The van der Waals surface area contributed by atoms with Gasteiger partial charge < -0.3 is 9.84 Å². The zero-order valence-corrected chi connectivity index (χ0v) is 11.4. The molecule has 1 saturated heterocycles. The van der Waals surface area contributed by atoms with E-state index in [1.165, 1.54) is 6.07 Å². The summed E-state index contributed by atoms with van der Waals surface area (Å²) in [4.78, 5) is 4.29. The first kappa shape index (κ1) is 14.1. The lowest BCUT2D eigenvalue weighted by molar-refractivity contribution is -0.137. The van der Waals surface area contributed by atoms with Crippen LogP contribution in [-0.2, 0) is 18.0 Å². The van der Waals surface area contributed by atoms with Crippen LogP contribution in [0.15, 0.2) is 28.8 Å². The van der Waals surface area contributed by atoms with Crippen LogP contribution in [0.3, 0.4) is 0 Å². The lowest BCUT2D eigenvalue weighted by Gasteiger charge is -2.35. The van der Waals surface area contributed by atoms with Crippen molar-refractivity contribution in [3.8, 4) is 0 Å². The van der Waals surface area contributed by atoms with Gasteiger partial charge in [0.1, 0.15) is 0 Å². The fourth-order valence-electron chi connectivity index (χ4n) is 2.26. The summed E-state index contributed by atoms with van der Waals surface area (Å²) in [6.45, 7) is 3.53. The summed E-state index contributed by atoms with van der Waals surface area (Å²) in [6, 6.07) is 5.17. The molecule has 1 fully saturated rings. The number of aromatic nitrogens is 2. The molecule has 21 heavy (non-hydrogen) atoms. The van der Waals surface area contributed by atoms with E-state index in [9.17, 15) is 13.2 Å². The van der Waals surface area contributed by atoms with E-state index in [-0.39, 0.29) is 11.8 Å². The molecule has 0 saturated carbocycles. The molecule has 0 unspecified atom stereocenters. The molecule has 0 spiro atoms. The van der Waals surface area contributed by atoms with Crippen LogP contribution in [0, 0.1) is 0 Å². The summed E-state index contributed by atoms with van der Waals surface area (Å²) in [5, 5.41) is 6.99. The van der Waals surface area contributed by atoms with Crippen LogP contribution in [0.25, 0.3) is 0 Å². The Hall–Kier alpha value is -1.89. The molecule has 1 aromatic carbocycles. The van der Waals surface area contributed by atoms with Crippen molar-refractivity contribution in [2.24, 2.45) is 0 Å². The molecule has 0 radical (unpaired) electrons. The zero-order chi connectivity index (χ0) is 15.1. The Balaban J connectivity index is 1.78. The molecule has 0 aliphatic carbocycles. The third kappa shape index (κ3) is 2.78. The van der Waals surface area contributed by atoms with E-state index in [2.05, 4.69) is 15.5 Å². The van der Waals surface area contributed by atoms with Gasteiger partial charge in [-0.25, -0.2) is 0 Å². The maximum atomic E-state index is 12.7. The normalized spacial score (nSPS) is 17.5. The van der Waals surface area contributed by atoms with Crippen molar-refractivity contribution >= 4 is 0 Å². The van der Waals surface area contributed by atoms with Gasteiger partial charge in [-0.2, -0.15) is 18.2 Å². The monoisotopic (exact) mass is 297 g/mol. The molecule has 1 aromatic heterocycles. The van der Waals surface area contributed by atoms with Crippen LogP contribution in [0.2, 0.25) is 0 Å². The summed E-state index contributed by atoms with van der Waals surface area (Å²) in [7, 11) is 0. The van der Waals surface area contributed by atoms with Crippen molar-refractivity contribution in [3.63, 3.8) is 0 Å². The molecule has 1 N–H and O–H groups in total. The highest BCUT2D eigenvalue weighted by molar-refractivity contribution is 5.27. The van der Waals surface area contributed by atoms with E-state index in [0.29, 0.717) is 17.3 Å². The van der Waals surface area contributed by atoms with E-state index in [1.54, 1.807) is 6.07 Å². The van der Waals surface area contributed by atoms with Gasteiger partial charge >= 0.3 is 6.18 Å². The highest BCUT2D eigenvalue weighted by Gasteiger charge is 2.39. The van der Waals surface area contributed by atoms with Gasteiger partial charge in [0.2, 0.25) is 5.89 Å².